The molecule has 0 spiro atoms. The molecule has 0 aromatic carbocycles. The Morgan fingerprint density at radius 1 is 1.38 bits per heavy atom. The summed E-state index contributed by atoms with van der Waals surface area (Å²) in [6.45, 7) is 7.55. The van der Waals surface area contributed by atoms with Crippen LogP contribution in [0.2, 0.25) is 0 Å². The molecule has 0 atom stereocenters. The van der Waals surface area contributed by atoms with Gasteiger partial charge in [0.2, 0.25) is 5.88 Å². The van der Waals surface area contributed by atoms with Crippen LogP contribution < -0.4 is 14.8 Å². The molecule has 0 aliphatic carbocycles. The van der Waals surface area contributed by atoms with E-state index in [-0.39, 0.29) is 12.2 Å². The van der Waals surface area contributed by atoms with Crippen molar-refractivity contribution in [2.24, 2.45) is 0 Å². The molecule has 88 valence electrons. The topological polar surface area (TPSA) is 56.3 Å². The first-order valence-electron chi connectivity index (χ1n) is 5.53. The van der Waals surface area contributed by atoms with Crippen molar-refractivity contribution in [3.8, 4) is 11.9 Å². The van der Waals surface area contributed by atoms with Gasteiger partial charge in [0, 0.05) is 24.8 Å². The lowest BCUT2D eigenvalue weighted by molar-refractivity contribution is 0.126. The molecule has 2 heterocycles. The van der Waals surface area contributed by atoms with Gasteiger partial charge in [-0.25, -0.2) is 4.98 Å². The van der Waals surface area contributed by atoms with Crippen LogP contribution in [-0.2, 0) is 0 Å². The van der Waals surface area contributed by atoms with Crippen molar-refractivity contribution >= 4 is 0 Å². The maximum absolute atomic E-state index is 5.59. The van der Waals surface area contributed by atoms with Crippen molar-refractivity contribution < 1.29 is 9.47 Å². The maximum atomic E-state index is 5.59. The SMILES string of the molecule is Cc1cc(OC(C)C)nc(OC2CNC2)n1. The van der Waals surface area contributed by atoms with Crippen LogP contribution in [0, 0.1) is 6.92 Å². The summed E-state index contributed by atoms with van der Waals surface area (Å²) in [5, 5.41) is 3.13. The number of hydrogen-bond donors (Lipinski definition) is 1. The Morgan fingerprint density at radius 2 is 2.12 bits per heavy atom. The lowest BCUT2D eigenvalue weighted by atomic mass is 10.2. The van der Waals surface area contributed by atoms with E-state index in [1.807, 2.05) is 26.8 Å². The van der Waals surface area contributed by atoms with Crippen LogP contribution in [0.25, 0.3) is 0 Å². The maximum Gasteiger partial charge on any atom is 0.320 e. The number of aryl methyl sites for hydroxylation is 1. The molecular weight excluding hydrogens is 206 g/mol. The van der Waals surface area contributed by atoms with E-state index in [9.17, 15) is 0 Å². The molecule has 1 N–H and O–H groups in total. The minimum Gasteiger partial charge on any atom is -0.475 e. The molecule has 0 amide bonds. The molecule has 5 nitrogen and oxygen atoms in total. The van der Waals surface area contributed by atoms with Crippen molar-refractivity contribution in [2.45, 2.75) is 33.0 Å². The van der Waals surface area contributed by atoms with Crippen molar-refractivity contribution in [1.29, 1.82) is 0 Å². The van der Waals surface area contributed by atoms with Crippen LogP contribution in [0.5, 0.6) is 11.9 Å². The van der Waals surface area contributed by atoms with Crippen molar-refractivity contribution in [1.82, 2.24) is 15.3 Å². The zero-order chi connectivity index (χ0) is 11.5. The standard InChI is InChI=1S/C11H17N3O2/c1-7(2)15-10-4-8(3)13-11(14-10)16-9-5-12-6-9/h4,7,9,12H,5-6H2,1-3H3. The molecular formula is C11H17N3O2. The van der Waals surface area contributed by atoms with E-state index in [0.29, 0.717) is 11.9 Å². The van der Waals surface area contributed by atoms with E-state index in [1.165, 1.54) is 0 Å². The van der Waals surface area contributed by atoms with E-state index in [2.05, 4.69) is 15.3 Å². The minimum absolute atomic E-state index is 0.104. The fraction of sp³-hybridized carbons (Fsp3) is 0.636. The summed E-state index contributed by atoms with van der Waals surface area (Å²) in [5.74, 6) is 0.574. The Hall–Kier alpha value is -1.36. The second-order valence-electron chi connectivity index (χ2n) is 4.19. The summed E-state index contributed by atoms with van der Waals surface area (Å²) in [7, 11) is 0. The highest BCUT2D eigenvalue weighted by molar-refractivity contribution is 5.18. The van der Waals surface area contributed by atoms with E-state index >= 15 is 0 Å². The Labute approximate surface area is 95.2 Å². The monoisotopic (exact) mass is 223 g/mol. The molecule has 1 aromatic heterocycles. The highest BCUT2D eigenvalue weighted by Crippen LogP contribution is 2.16. The van der Waals surface area contributed by atoms with Crippen molar-refractivity contribution in [3.05, 3.63) is 11.8 Å². The molecule has 2 rings (SSSR count). The average Bonchev–Trinajstić information content (AvgIpc) is 2.09. The highest BCUT2D eigenvalue weighted by Gasteiger charge is 2.20. The second kappa shape index (κ2) is 4.65. The Morgan fingerprint density at radius 3 is 2.69 bits per heavy atom. The molecule has 1 aliphatic rings. The van der Waals surface area contributed by atoms with Gasteiger partial charge in [-0.15, -0.1) is 0 Å². The summed E-state index contributed by atoms with van der Waals surface area (Å²) in [5.41, 5.74) is 0.855. The third kappa shape index (κ3) is 2.82. The lowest BCUT2D eigenvalue weighted by Gasteiger charge is -2.26. The first kappa shape index (κ1) is 11.1. The van der Waals surface area contributed by atoms with Crippen LogP contribution in [0.15, 0.2) is 6.07 Å². The van der Waals surface area contributed by atoms with Gasteiger partial charge in [-0.1, -0.05) is 0 Å². The first-order valence-corrected chi connectivity index (χ1v) is 5.53. The van der Waals surface area contributed by atoms with Crippen molar-refractivity contribution in [3.63, 3.8) is 0 Å². The van der Waals surface area contributed by atoms with Gasteiger partial charge >= 0.3 is 6.01 Å². The van der Waals surface area contributed by atoms with E-state index in [4.69, 9.17) is 9.47 Å². The van der Waals surface area contributed by atoms with Gasteiger partial charge in [0.25, 0.3) is 0 Å². The van der Waals surface area contributed by atoms with Crippen molar-refractivity contribution in [2.75, 3.05) is 13.1 Å². The van der Waals surface area contributed by atoms with E-state index in [0.717, 1.165) is 18.8 Å². The quantitative estimate of drug-likeness (QED) is 0.822. The summed E-state index contributed by atoms with van der Waals surface area (Å²) >= 11 is 0. The van der Waals surface area contributed by atoms with E-state index in [1.54, 1.807) is 0 Å². The lowest BCUT2D eigenvalue weighted by Crippen LogP contribution is -2.50. The van der Waals surface area contributed by atoms with Gasteiger partial charge in [-0.05, 0) is 20.8 Å². The molecule has 5 heteroatoms. The molecule has 0 unspecified atom stereocenters. The number of hydrogen-bond acceptors (Lipinski definition) is 5. The fourth-order valence-electron chi connectivity index (χ4n) is 1.36. The molecule has 0 saturated carbocycles. The molecule has 1 aromatic rings. The first-order chi connectivity index (χ1) is 7.63. The molecule has 16 heavy (non-hydrogen) atoms. The highest BCUT2D eigenvalue weighted by atomic mass is 16.5. The Balaban J connectivity index is 2.08. The fourth-order valence-corrected chi connectivity index (χ4v) is 1.36. The number of nitrogens with zero attached hydrogens (tertiary/aromatic N) is 2. The van der Waals surface area contributed by atoms with Gasteiger partial charge < -0.3 is 14.8 Å². The van der Waals surface area contributed by atoms with Crippen LogP contribution in [-0.4, -0.2) is 35.3 Å². The smallest absolute Gasteiger partial charge is 0.320 e. The molecule has 0 bridgehead atoms. The molecule has 1 aliphatic heterocycles. The number of aromatic nitrogens is 2. The third-order valence-corrected chi connectivity index (χ3v) is 2.18. The summed E-state index contributed by atoms with van der Waals surface area (Å²) in [6.07, 6.45) is 0.293. The predicted octanol–water partition coefficient (Wildman–Crippen LogP) is 0.923. The van der Waals surface area contributed by atoms with Gasteiger partial charge in [-0.3, -0.25) is 0 Å². The number of nitrogens with one attached hydrogen (secondary N) is 1. The zero-order valence-corrected chi connectivity index (χ0v) is 9.86. The van der Waals surface area contributed by atoms with Gasteiger partial charge in [0.05, 0.1) is 6.10 Å². The van der Waals surface area contributed by atoms with Gasteiger partial charge in [0.1, 0.15) is 6.10 Å². The number of rotatable bonds is 4. The van der Waals surface area contributed by atoms with Crippen LogP contribution in [0.1, 0.15) is 19.5 Å². The number of ether oxygens (including phenoxy) is 2. The third-order valence-electron chi connectivity index (χ3n) is 2.18. The van der Waals surface area contributed by atoms with Crippen LogP contribution >= 0.6 is 0 Å². The molecule has 0 radical (unpaired) electrons. The predicted molar refractivity (Wildman–Crippen MR) is 59.8 cm³/mol. The largest absolute Gasteiger partial charge is 0.475 e. The summed E-state index contributed by atoms with van der Waals surface area (Å²) in [6, 6.07) is 2.22. The average molecular weight is 223 g/mol. The van der Waals surface area contributed by atoms with Crippen LogP contribution in [0.4, 0.5) is 0 Å². The second-order valence-corrected chi connectivity index (χ2v) is 4.19. The normalized spacial score (nSPS) is 16.0. The van der Waals surface area contributed by atoms with Gasteiger partial charge in [0.15, 0.2) is 0 Å². The minimum atomic E-state index is 0.104. The van der Waals surface area contributed by atoms with Crippen LogP contribution in [0.3, 0.4) is 0 Å². The zero-order valence-electron chi connectivity index (χ0n) is 9.86. The molecule has 1 fully saturated rings. The van der Waals surface area contributed by atoms with E-state index < -0.39 is 0 Å². The Kier molecular flexibility index (Phi) is 3.24. The Bertz CT molecular complexity index is 364. The molecule has 1 saturated heterocycles. The summed E-state index contributed by atoms with van der Waals surface area (Å²) < 4.78 is 11.1. The van der Waals surface area contributed by atoms with Gasteiger partial charge in [-0.2, -0.15) is 4.98 Å². The summed E-state index contributed by atoms with van der Waals surface area (Å²) in [4.78, 5) is 8.43.